The summed E-state index contributed by atoms with van der Waals surface area (Å²) >= 11 is 5.85. The molecule has 0 amide bonds. The summed E-state index contributed by atoms with van der Waals surface area (Å²) in [6, 6.07) is 3.46. The highest BCUT2D eigenvalue weighted by Gasteiger charge is 2.32. The van der Waals surface area contributed by atoms with Crippen LogP contribution in [0.5, 0.6) is 0 Å². The molecule has 1 atom stereocenters. The van der Waals surface area contributed by atoms with Gasteiger partial charge in [0.25, 0.3) is 0 Å². The van der Waals surface area contributed by atoms with Gasteiger partial charge in [0.15, 0.2) is 0 Å². The van der Waals surface area contributed by atoms with E-state index in [0.29, 0.717) is 5.92 Å². The van der Waals surface area contributed by atoms with Gasteiger partial charge < -0.3 is 5.11 Å². The van der Waals surface area contributed by atoms with Crippen molar-refractivity contribution >= 4 is 27.6 Å². The Bertz CT molecular complexity index is 610. The standard InChI is InChI=1S/C12H14ClNO4S/c1-7(8-2-3-8)14-19(17,18)11-6-9(12(15)16)4-5-10(11)13/h4-8,14H,2-3H2,1H3,(H,15,16). The Labute approximate surface area is 116 Å². The summed E-state index contributed by atoms with van der Waals surface area (Å²) in [7, 11) is -3.80. The van der Waals surface area contributed by atoms with Gasteiger partial charge in [-0.15, -0.1) is 0 Å². The molecule has 0 saturated heterocycles. The molecule has 0 heterocycles. The summed E-state index contributed by atoms with van der Waals surface area (Å²) in [6.07, 6.45) is 2.01. The van der Waals surface area contributed by atoms with Crippen molar-refractivity contribution in [3.8, 4) is 0 Å². The van der Waals surface area contributed by atoms with Crippen molar-refractivity contribution in [2.75, 3.05) is 0 Å². The minimum atomic E-state index is -3.80. The average molecular weight is 304 g/mol. The predicted molar refractivity (Wildman–Crippen MR) is 70.9 cm³/mol. The van der Waals surface area contributed by atoms with Gasteiger partial charge in [0.2, 0.25) is 10.0 Å². The number of rotatable bonds is 5. The molecule has 5 nitrogen and oxygen atoms in total. The first-order valence-electron chi connectivity index (χ1n) is 5.86. The molecule has 1 saturated carbocycles. The van der Waals surface area contributed by atoms with Crippen LogP contribution >= 0.6 is 11.6 Å². The molecule has 1 unspecified atom stereocenters. The summed E-state index contributed by atoms with van der Waals surface area (Å²) in [5, 5.41) is 8.90. The van der Waals surface area contributed by atoms with Gasteiger partial charge in [-0.2, -0.15) is 0 Å². The number of hydrogen-bond donors (Lipinski definition) is 2. The van der Waals surface area contributed by atoms with Crippen molar-refractivity contribution in [3.05, 3.63) is 28.8 Å². The highest BCUT2D eigenvalue weighted by molar-refractivity contribution is 7.89. The highest BCUT2D eigenvalue weighted by Crippen LogP contribution is 2.33. The quantitative estimate of drug-likeness (QED) is 0.872. The normalized spacial score (nSPS) is 17.2. The molecular formula is C12H14ClNO4S. The Balaban J connectivity index is 2.33. The van der Waals surface area contributed by atoms with Crippen molar-refractivity contribution in [1.82, 2.24) is 4.72 Å². The molecule has 0 spiro atoms. The van der Waals surface area contributed by atoms with Crippen molar-refractivity contribution in [1.29, 1.82) is 0 Å². The van der Waals surface area contributed by atoms with Crippen LogP contribution < -0.4 is 4.72 Å². The second-order valence-electron chi connectivity index (χ2n) is 4.70. The van der Waals surface area contributed by atoms with Gasteiger partial charge in [0.05, 0.1) is 10.6 Å². The molecule has 1 aliphatic rings. The third-order valence-corrected chi connectivity index (χ3v) is 5.18. The van der Waals surface area contributed by atoms with Gasteiger partial charge in [-0.25, -0.2) is 17.9 Å². The lowest BCUT2D eigenvalue weighted by atomic mass is 10.2. The number of halogens is 1. The van der Waals surface area contributed by atoms with E-state index < -0.39 is 16.0 Å². The van der Waals surface area contributed by atoms with Crippen LogP contribution in [0.2, 0.25) is 5.02 Å². The molecule has 0 bridgehead atoms. The second kappa shape index (κ2) is 5.11. The summed E-state index contributed by atoms with van der Waals surface area (Å²) in [5.41, 5.74) is -0.108. The summed E-state index contributed by atoms with van der Waals surface area (Å²) in [5.74, 6) is -0.834. The molecule has 1 aliphatic carbocycles. The Morgan fingerprint density at radius 2 is 2.11 bits per heavy atom. The number of sulfonamides is 1. The summed E-state index contributed by atoms with van der Waals surface area (Å²) in [6.45, 7) is 1.80. The van der Waals surface area contributed by atoms with E-state index in [9.17, 15) is 13.2 Å². The van der Waals surface area contributed by atoms with Crippen LogP contribution in [0.3, 0.4) is 0 Å². The number of aromatic carboxylic acids is 1. The molecule has 2 N–H and O–H groups in total. The Morgan fingerprint density at radius 3 is 2.63 bits per heavy atom. The molecule has 1 aromatic carbocycles. The van der Waals surface area contributed by atoms with Crippen molar-refractivity contribution in [2.45, 2.75) is 30.7 Å². The maximum Gasteiger partial charge on any atom is 0.335 e. The van der Waals surface area contributed by atoms with Crippen molar-refractivity contribution in [3.63, 3.8) is 0 Å². The van der Waals surface area contributed by atoms with E-state index in [4.69, 9.17) is 16.7 Å². The molecule has 2 rings (SSSR count). The zero-order valence-corrected chi connectivity index (χ0v) is 11.8. The zero-order chi connectivity index (χ0) is 14.2. The van der Waals surface area contributed by atoms with Crippen LogP contribution in [0.15, 0.2) is 23.1 Å². The molecule has 0 radical (unpaired) electrons. The third-order valence-electron chi connectivity index (χ3n) is 3.14. The lowest BCUT2D eigenvalue weighted by molar-refractivity contribution is 0.0696. The van der Waals surface area contributed by atoms with E-state index in [1.54, 1.807) is 6.92 Å². The topological polar surface area (TPSA) is 83.5 Å². The molecule has 1 aromatic rings. The molecule has 7 heteroatoms. The van der Waals surface area contributed by atoms with Gasteiger partial charge in [0, 0.05) is 6.04 Å². The van der Waals surface area contributed by atoms with Gasteiger partial charge >= 0.3 is 5.97 Å². The first-order valence-corrected chi connectivity index (χ1v) is 7.72. The largest absolute Gasteiger partial charge is 0.478 e. The predicted octanol–water partition coefficient (Wildman–Crippen LogP) is 2.11. The fraction of sp³-hybridized carbons (Fsp3) is 0.417. The molecule has 0 aromatic heterocycles. The molecular weight excluding hydrogens is 290 g/mol. The zero-order valence-electron chi connectivity index (χ0n) is 10.3. The minimum absolute atomic E-state index is 0.0143. The SMILES string of the molecule is CC(NS(=O)(=O)c1cc(C(=O)O)ccc1Cl)C1CC1. The average Bonchev–Trinajstić information content (AvgIpc) is 3.11. The van der Waals surface area contributed by atoms with Crippen LogP contribution in [0.1, 0.15) is 30.1 Å². The third kappa shape index (κ3) is 3.26. The fourth-order valence-electron chi connectivity index (χ4n) is 1.84. The number of nitrogens with one attached hydrogen (secondary N) is 1. The van der Waals surface area contributed by atoms with Crippen LogP contribution in [-0.4, -0.2) is 25.5 Å². The van der Waals surface area contributed by atoms with Gasteiger partial charge in [0.1, 0.15) is 4.90 Å². The van der Waals surface area contributed by atoms with E-state index >= 15 is 0 Å². The summed E-state index contributed by atoms with van der Waals surface area (Å²) in [4.78, 5) is 10.7. The van der Waals surface area contributed by atoms with Gasteiger partial charge in [-0.05, 0) is 43.9 Å². The van der Waals surface area contributed by atoms with Crippen LogP contribution in [0.25, 0.3) is 0 Å². The number of benzene rings is 1. The first kappa shape index (κ1) is 14.3. The number of carboxylic acid groups (broad SMARTS) is 1. The molecule has 1 fully saturated rings. The second-order valence-corrected chi connectivity index (χ2v) is 6.79. The van der Waals surface area contributed by atoms with E-state index in [1.807, 2.05) is 0 Å². The minimum Gasteiger partial charge on any atom is -0.478 e. The van der Waals surface area contributed by atoms with Crippen LogP contribution in [-0.2, 0) is 10.0 Å². The Morgan fingerprint density at radius 1 is 1.47 bits per heavy atom. The van der Waals surface area contributed by atoms with Crippen LogP contribution in [0, 0.1) is 5.92 Å². The maximum atomic E-state index is 12.2. The first-order chi connectivity index (χ1) is 8.81. The van der Waals surface area contributed by atoms with Gasteiger partial charge in [-0.1, -0.05) is 11.6 Å². The maximum absolute atomic E-state index is 12.2. The number of hydrogen-bond acceptors (Lipinski definition) is 3. The van der Waals surface area contributed by atoms with E-state index in [1.165, 1.54) is 12.1 Å². The van der Waals surface area contributed by atoms with Crippen LogP contribution in [0.4, 0.5) is 0 Å². The van der Waals surface area contributed by atoms with E-state index in [-0.39, 0.29) is 21.5 Å². The highest BCUT2D eigenvalue weighted by atomic mass is 35.5. The smallest absolute Gasteiger partial charge is 0.335 e. The van der Waals surface area contributed by atoms with Crippen molar-refractivity contribution < 1.29 is 18.3 Å². The Kier molecular flexibility index (Phi) is 3.85. The Hall–Kier alpha value is -1.11. The lowest BCUT2D eigenvalue weighted by Crippen LogP contribution is -2.34. The molecule has 104 valence electrons. The number of carbonyl (C=O) groups is 1. The van der Waals surface area contributed by atoms with Gasteiger partial charge in [-0.3, -0.25) is 0 Å². The number of carboxylic acids is 1. The van der Waals surface area contributed by atoms with E-state index in [0.717, 1.165) is 18.9 Å². The molecule has 19 heavy (non-hydrogen) atoms. The monoisotopic (exact) mass is 303 g/mol. The fourth-order valence-corrected chi connectivity index (χ4v) is 3.68. The molecule has 0 aliphatic heterocycles. The van der Waals surface area contributed by atoms with Crippen molar-refractivity contribution in [2.24, 2.45) is 5.92 Å². The lowest BCUT2D eigenvalue weighted by Gasteiger charge is -2.14. The van der Waals surface area contributed by atoms with E-state index in [2.05, 4.69) is 4.72 Å². The summed E-state index contributed by atoms with van der Waals surface area (Å²) < 4.78 is 26.9.